The lowest BCUT2D eigenvalue weighted by Gasteiger charge is -2.24. The predicted molar refractivity (Wildman–Crippen MR) is 66.8 cm³/mol. The summed E-state index contributed by atoms with van der Waals surface area (Å²) < 4.78 is 23.7. The third-order valence-electron chi connectivity index (χ3n) is 3.78. The highest BCUT2D eigenvalue weighted by atomic mass is 32.2. The molecular formula is C13H17NO2S. The van der Waals surface area contributed by atoms with Crippen molar-refractivity contribution in [2.45, 2.75) is 36.6 Å². The first-order valence-corrected chi connectivity index (χ1v) is 7.91. The summed E-state index contributed by atoms with van der Waals surface area (Å²) in [5, 5.41) is 3.46. The highest BCUT2D eigenvalue weighted by Crippen LogP contribution is 2.31. The highest BCUT2D eigenvalue weighted by Gasteiger charge is 2.27. The summed E-state index contributed by atoms with van der Waals surface area (Å²) in [6.45, 7) is 1.04. The van der Waals surface area contributed by atoms with Crippen molar-refractivity contribution in [1.29, 1.82) is 0 Å². The molecule has 3 nitrogen and oxygen atoms in total. The summed E-state index contributed by atoms with van der Waals surface area (Å²) in [5.41, 5.74) is 2.12. The van der Waals surface area contributed by atoms with Gasteiger partial charge < -0.3 is 5.32 Å². The smallest absolute Gasteiger partial charge is 0.178 e. The Bertz CT molecular complexity index is 530. The summed E-state index contributed by atoms with van der Waals surface area (Å²) in [7, 11) is -2.99. The maximum Gasteiger partial charge on any atom is 0.178 e. The molecule has 0 aromatic heterocycles. The molecule has 1 unspecified atom stereocenters. The molecule has 1 aromatic rings. The van der Waals surface area contributed by atoms with Crippen molar-refractivity contribution in [3.8, 4) is 0 Å². The van der Waals surface area contributed by atoms with Crippen molar-refractivity contribution in [2.75, 3.05) is 12.3 Å². The number of hydrogen-bond acceptors (Lipinski definition) is 3. The molecule has 17 heavy (non-hydrogen) atoms. The molecule has 0 radical (unpaired) electrons. The maximum atomic E-state index is 11.9. The summed E-state index contributed by atoms with van der Waals surface area (Å²) in [6.07, 6.45) is 4.23. The molecule has 1 aromatic carbocycles. The molecule has 92 valence electrons. The summed E-state index contributed by atoms with van der Waals surface area (Å²) >= 11 is 0. The van der Waals surface area contributed by atoms with Gasteiger partial charge in [-0.05, 0) is 43.0 Å². The highest BCUT2D eigenvalue weighted by molar-refractivity contribution is 7.91. The summed E-state index contributed by atoms with van der Waals surface area (Å²) in [6, 6.07) is 6.30. The van der Waals surface area contributed by atoms with Gasteiger partial charge in [-0.15, -0.1) is 0 Å². The fourth-order valence-electron chi connectivity index (χ4n) is 2.77. The van der Waals surface area contributed by atoms with E-state index in [1.807, 2.05) is 12.1 Å². The van der Waals surface area contributed by atoms with E-state index in [2.05, 4.69) is 11.4 Å². The average Bonchev–Trinajstić information content (AvgIpc) is 2.66. The molecule has 1 fully saturated rings. The number of rotatable bonds is 1. The Morgan fingerprint density at radius 2 is 2.12 bits per heavy atom. The van der Waals surface area contributed by atoms with E-state index in [0.29, 0.717) is 17.4 Å². The first kappa shape index (κ1) is 11.2. The number of nitrogens with one attached hydrogen (secondary N) is 1. The first-order chi connectivity index (χ1) is 8.17. The molecule has 2 heterocycles. The number of piperidine rings is 1. The number of fused-ring (bicyclic) bond motifs is 1. The van der Waals surface area contributed by atoms with E-state index >= 15 is 0 Å². The standard InChI is InChI=1S/C13H17NO2S/c15-17(16)8-6-10-4-5-11(9-13(10)17)12-3-1-2-7-14-12/h4-5,9,12,14H,1-3,6-8H2. The molecule has 0 bridgehead atoms. The Hall–Kier alpha value is -0.870. The number of hydrogen-bond donors (Lipinski definition) is 1. The first-order valence-electron chi connectivity index (χ1n) is 6.26. The van der Waals surface area contributed by atoms with Crippen LogP contribution in [0.15, 0.2) is 23.1 Å². The Balaban J connectivity index is 1.98. The zero-order valence-electron chi connectivity index (χ0n) is 9.78. The van der Waals surface area contributed by atoms with Gasteiger partial charge in [0.25, 0.3) is 0 Å². The Labute approximate surface area is 102 Å². The van der Waals surface area contributed by atoms with Gasteiger partial charge in [-0.25, -0.2) is 8.42 Å². The van der Waals surface area contributed by atoms with Gasteiger partial charge in [0.2, 0.25) is 0 Å². The van der Waals surface area contributed by atoms with Crippen molar-refractivity contribution < 1.29 is 8.42 Å². The molecule has 0 aliphatic carbocycles. The van der Waals surface area contributed by atoms with Crippen LogP contribution in [0.1, 0.15) is 36.4 Å². The molecule has 1 saturated heterocycles. The van der Waals surface area contributed by atoms with Gasteiger partial charge in [-0.2, -0.15) is 0 Å². The van der Waals surface area contributed by atoms with Crippen LogP contribution in [0.4, 0.5) is 0 Å². The second-order valence-electron chi connectivity index (χ2n) is 4.94. The van der Waals surface area contributed by atoms with E-state index in [9.17, 15) is 8.42 Å². The van der Waals surface area contributed by atoms with Gasteiger partial charge >= 0.3 is 0 Å². The Morgan fingerprint density at radius 3 is 2.88 bits per heavy atom. The minimum absolute atomic E-state index is 0.282. The molecule has 4 heteroatoms. The van der Waals surface area contributed by atoms with Gasteiger partial charge in [-0.1, -0.05) is 18.6 Å². The van der Waals surface area contributed by atoms with Crippen molar-refractivity contribution in [2.24, 2.45) is 0 Å². The Kier molecular flexibility index (Phi) is 2.71. The van der Waals surface area contributed by atoms with Crippen LogP contribution in [-0.2, 0) is 16.3 Å². The average molecular weight is 251 g/mol. The lowest BCUT2D eigenvalue weighted by atomic mass is 9.96. The molecule has 2 aliphatic rings. The molecule has 0 amide bonds. The van der Waals surface area contributed by atoms with Crippen molar-refractivity contribution >= 4 is 9.84 Å². The van der Waals surface area contributed by atoms with Crippen LogP contribution in [0.2, 0.25) is 0 Å². The third-order valence-corrected chi connectivity index (χ3v) is 5.57. The summed E-state index contributed by atoms with van der Waals surface area (Å²) in [4.78, 5) is 0.572. The van der Waals surface area contributed by atoms with E-state index in [0.717, 1.165) is 24.1 Å². The fourth-order valence-corrected chi connectivity index (χ4v) is 4.37. The van der Waals surface area contributed by atoms with Crippen LogP contribution >= 0.6 is 0 Å². The molecule has 1 N–H and O–H groups in total. The van der Waals surface area contributed by atoms with Crippen LogP contribution in [0, 0.1) is 0 Å². The van der Waals surface area contributed by atoms with Crippen LogP contribution in [0.5, 0.6) is 0 Å². The monoisotopic (exact) mass is 251 g/mol. The van der Waals surface area contributed by atoms with Crippen molar-refractivity contribution in [3.63, 3.8) is 0 Å². The number of aryl methyl sites for hydroxylation is 1. The second kappa shape index (κ2) is 4.10. The minimum atomic E-state index is -2.99. The largest absolute Gasteiger partial charge is 0.310 e. The van der Waals surface area contributed by atoms with Gasteiger partial charge in [0.05, 0.1) is 10.6 Å². The van der Waals surface area contributed by atoms with Crippen LogP contribution in [-0.4, -0.2) is 20.7 Å². The molecule has 0 spiro atoms. The predicted octanol–water partition coefficient (Wildman–Crippen LogP) is 1.83. The molecule has 3 rings (SSSR count). The summed E-state index contributed by atoms with van der Waals surface area (Å²) in [5.74, 6) is 0.282. The topological polar surface area (TPSA) is 46.2 Å². The van der Waals surface area contributed by atoms with E-state index < -0.39 is 9.84 Å². The normalized spacial score (nSPS) is 26.7. The molecule has 2 aliphatic heterocycles. The molecule has 0 saturated carbocycles. The second-order valence-corrected chi connectivity index (χ2v) is 7.02. The van der Waals surface area contributed by atoms with Gasteiger partial charge in [0.1, 0.15) is 0 Å². The van der Waals surface area contributed by atoms with Gasteiger partial charge in [0, 0.05) is 6.04 Å². The number of sulfone groups is 1. The van der Waals surface area contributed by atoms with E-state index in [1.54, 1.807) is 0 Å². The number of benzene rings is 1. The van der Waals surface area contributed by atoms with Gasteiger partial charge in [0.15, 0.2) is 9.84 Å². The Morgan fingerprint density at radius 1 is 1.24 bits per heavy atom. The fraction of sp³-hybridized carbons (Fsp3) is 0.538. The SMILES string of the molecule is O=S1(=O)CCc2ccc(C3CCCCN3)cc21. The quantitative estimate of drug-likeness (QED) is 0.828. The molecular weight excluding hydrogens is 234 g/mol. The zero-order valence-corrected chi connectivity index (χ0v) is 10.6. The minimum Gasteiger partial charge on any atom is -0.310 e. The maximum absolute atomic E-state index is 11.9. The van der Waals surface area contributed by atoms with Crippen LogP contribution in [0.3, 0.4) is 0 Å². The van der Waals surface area contributed by atoms with Crippen LogP contribution < -0.4 is 5.32 Å². The van der Waals surface area contributed by atoms with Crippen molar-refractivity contribution in [1.82, 2.24) is 5.32 Å². The lowest BCUT2D eigenvalue weighted by molar-refractivity contribution is 0.412. The van der Waals surface area contributed by atoms with E-state index in [4.69, 9.17) is 0 Å². The van der Waals surface area contributed by atoms with E-state index in [-0.39, 0.29) is 5.75 Å². The lowest BCUT2D eigenvalue weighted by Crippen LogP contribution is -2.26. The van der Waals surface area contributed by atoms with Crippen molar-refractivity contribution in [3.05, 3.63) is 29.3 Å². The van der Waals surface area contributed by atoms with E-state index in [1.165, 1.54) is 12.8 Å². The van der Waals surface area contributed by atoms with Crippen LogP contribution in [0.25, 0.3) is 0 Å². The molecule has 1 atom stereocenters. The zero-order chi connectivity index (χ0) is 11.9. The third kappa shape index (κ3) is 2.00. The van der Waals surface area contributed by atoms with Gasteiger partial charge in [-0.3, -0.25) is 0 Å².